The van der Waals surface area contributed by atoms with Crippen molar-refractivity contribution in [3.63, 3.8) is 0 Å². The van der Waals surface area contributed by atoms with Crippen LogP contribution in [0.25, 0.3) is 0 Å². The summed E-state index contributed by atoms with van der Waals surface area (Å²) in [5.41, 5.74) is -0.566. The molecule has 2 unspecified atom stereocenters. The Morgan fingerprint density at radius 3 is 2.60 bits per heavy atom. The third kappa shape index (κ3) is 5.06. The summed E-state index contributed by atoms with van der Waals surface area (Å²) in [6, 6.07) is 0.253. The van der Waals surface area contributed by atoms with E-state index in [0.717, 1.165) is 38.7 Å². The van der Waals surface area contributed by atoms with Crippen LogP contribution in [0.3, 0.4) is 0 Å². The van der Waals surface area contributed by atoms with Crippen LogP contribution in [0.2, 0.25) is 0 Å². The molecule has 118 valence electrons. The summed E-state index contributed by atoms with van der Waals surface area (Å²) in [7, 11) is 1.47. The van der Waals surface area contributed by atoms with Crippen LogP contribution in [-0.4, -0.2) is 37.4 Å². The second kappa shape index (κ2) is 7.99. The Morgan fingerprint density at radius 2 is 2.05 bits per heavy atom. The van der Waals surface area contributed by atoms with Gasteiger partial charge in [0, 0.05) is 19.1 Å². The summed E-state index contributed by atoms with van der Waals surface area (Å²) in [5.74, 6) is 0.501. The fourth-order valence-electron chi connectivity index (χ4n) is 2.96. The molecule has 0 bridgehead atoms. The van der Waals surface area contributed by atoms with E-state index in [1.165, 1.54) is 7.11 Å². The summed E-state index contributed by atoms with van der Waals surface area (Å²) in [6.45, 7) is 9.30. The van der Waals surface area contributed by atoms with Crippen LogP contribution in [0.4, 0.5) is 0 Å². The van der Waals surface area contributed by atoms with Gasteiger partial charge in [0.2, 0.25) is 0 Å². The zero-order chi connectivity index (χ0) is 15.2. The molecule has 1 fully saturated rings. The normalized spacial score (nSPS) is 27.1. The average molecular weight is 285 g/mol. The van der Waals surface area contributed by atoms with Crippen LogP contribution in [0.15, 0.2) is 0 Å². The molecule has 4 nitrogen and oxygen atoms in total. The number of esters is 1. The van der Waals surface area contributed by atoms with Gasteiger partial charge in [-0.25, -0.2) is 0 Å². The minimum atomic E-state index is -0.566. The molecule has 1 rings (SSSR count). The fraction of sp³-hybridized carbons (Fsp3) is 0.938. The van der Waals surface area contributed by atoms with Crippen molar-refractivity contribution in [1.82, 2.24) is 5.32 Å². The molecule has 0 aromatic carbocycles. The lowest BCUT2D eigenvalue weighted by atomic mass is 9.79. The van der Waals surface area contributed by atoms with E-state index in [-0.39, 0.29) is 18.1 Å². The van der Waals surface area contributed by atoms with Gasteiger partial charge in [0.1, 0.15) is 5.54 Å². The maximum absolute atomic E-state index is 12.2. The summed E-state index contributed by atoms with van der Waals surface area (Å²) < 4.78 is 11.0. The monoisotopic (exact) mass is 285 g/mol. The predicted octanol–water partition coefficient (Wildman–Crippen LogP) is 2.90. The first-order valence-electron chi connectivity index (χ1n) is 7.87. The highest BCUT2D eigenvalue weighted by Gasteiger charge is 2.44. The predicted molar refractivity (Wildman–Crippen MR) is 80.7 cm³/mol. The Hall–Kier alpha value is -0.610. The molecular formula is C16H31NO3. The Bertz CT molecular complexity index is 304. The Labute approximate surface area is 123 Å². The highest BCUT2D eigenvalue weighted by Crippen LogP contribution is 2.32. The third-order valence-corrected chi connectivity index (χ3v) is 3.90. The molecule has 0 heterocycles. The molecule has 0 saturated heterocycles. The molecule has 0 aliphatic heterocycles. The first-order chi connectivity index (χ1) is 9.39. The lowest BCUT2D eigenvalue weighted by Gasteiger charge is -2.40. The van der Waals surface area contributed by atoms with Crippen molar-refractivity contribution < 1.29 is 14.3 Å². The summed E-state index contributed by atoms with van der Waals surface area (Å²) in [4.78, 5) is 12.2. The first-order valence-corrected chi connectivity index (χ1v) is 7.87. The van der Waals surface area contributed by atoms with Crippen LogP contribution in [0.1, 0.15) is 59.8 Å². The van der Waals surface area contributed by atoms with E-state index in [2.05, 4.69) is 33.0 Å². The average Bonchev–Trinajstić information content (AvgIpc) is 2.36. The smallest absolute Gasteiger partial charge is 0.326 e. The van der Waals surface area contributed by atoms with Crippen LogP contribution in [0.5, 0.6) is 0 Å². The second-order valence-electron chi connectivity index (χ2n) is 6.64. The van der Waals surface area contributed by atoms with Gasteiger partial charge in [-0.15, -0.1) is 0 Å². The van der Waals surface area contributed by atoms with Gasteiger partial charge in [-0.1, -0.05) is 13.8 Å². The van der Waals surface area contributed by atoms with Gasteiger partial charge in [-0.2, -0.15) is 0 Å². The van der Waals surface area contributed by atoms with E-state index in [1.54, 1.807) is 0 Å². The van der Waals surface area contributed by atoms with Crippen molar-refractivity contribution in [2.24, 2.45) is 5.92 Å². The van der Waals surface area contributed by atoms with E-state index in [1.807, 2.05) is 0 Å². The van der Waals surface area contributed by atoms with Crippen LogP contribution in [0, 0.1) is 5.92 Å². The number of ether oxygens (including phenoxy) is 2. The lowest BCUT2D eigenvalue weighted by molar-refractivity contribution is -0.153. The zero-order valence-corrected chi connectivity index (χ0v) is 13.7. The van der Waals surface area contributed by atoms with E-state index in [4.69, 9.17) is 9.47 Å². The first kappa shape index (κ1) is 17.4. The number of nitrogens with one attached hydrogen (secondary N) is 1. The topological polar surface area (TPSA) is 47.6 Å². The highest BCUT2D eigenvalue weighted by molar-refractivity contribution is 5.81. The number of methoxy groups -OCH3 is 1. The van der Waals surface area contributed by atoms with Gasteiger partial charge in [0.25, 0.3) is 0 Å². The third-order valence-electron chi connectivity index (χ3n) is 3.90. The number of hydrogen-bond acceptors (Lipinski definition) is 4. The van der Waals surface area contributed by atoms with Gasteiger partial charge in [-0.3, -0.25) is 10.1 Å². The van der Waals surface area contributed by atoms with Crippen molar-refractivity contribution in [2.45, 2.75) is 77.5 Å². The number of hydrogen-bond donors (Lipinski definition) is 1. The van der Waals surface area contributed by atoms with Crippen LogP contribution in [-0.2, 0) is 14.3 Å². The van der Waals surface area contributed by atoms with Crippen molar-refractivity contribution >= 4 is 5.97 Å². The van der Waals surface area contributed by atoms with E-state index >= 15 is 0 Å². The zero-order valence-electron chi connectivity index (χ0n) is 13.7. The Morgan fingerprint density at radius 1 is 1.35 bits per heavy atom. The Kier molecular flexibility index (Phi) is 6.96. The largest absolute Gasteiger partial charge is 0.468 e. The molecule has 2 atom stereocenters. The fourth-order valence-corrected chi connectivity index (χ4v) is 2.96. The van der Waals surface area contributed by atoms with E-state index in [9.17, 15) is 4.79 Å². The minimum absolute atomic E-state index is 0.150. The van der Waals surface area contributed by atoms with Gasteiger partial charge < -0.3 is 9.47 Å². The van der Waals surface area contributed by atoms with Crippen molar-refractivity contribution in [3.05, 3.63) is 0 Å². The maximum atomic E-state index is 12.2. The summed E-state index contributed by atoms with van der Waals surface area (Å²) in [5, 5.41) is 3.42. The highest BCUT2D eigenvalue weighted by atomic mass is 16.5. The molecule has 0 radical (unpaired) electrons. The quantitative estimate of drug-likeness (QED) is 0.731. The standard InChI is InChI=1S/C16H31NO3/c1-12(2)8-10-20-14-7-6-9-16(11-14,15(18)19-5)17-13(3)4/h12-14,17H,6-11H2,1-5H3. The van der Waals surface area contributed by atoms with Gasteiger partial charge in [0.15, 0.2) is 0 Å². The Balaban J connectivity index is 2.63. The molecule has 20 heavy (non-hydrogen) atoms. The number of rotatable bonds is 7. The maximum Gasteiger partial charge on any atom is 0.326 e. The second-order valence-corrected chi connectivity index (χ2v) is 6.64. The lowest BCUT2D eigenvalue weighted by Crippen LogP contribution is -2.58. The molecule has 1 aliphatic carbocycles. The molecule has 0 aromatic rings. The van der Waals surface area contributed by atoms with Gasteiger partial charge in [-0.05, 0) is 45.4 Å². The molecule has 0 amide bonds. The van der Waals surface area contributed by atoms with Gasteiger partial charge >= 0.3 is 5.97 Å². The van der Waals surface area contributed by atoms with E-state index < -0.39 is 5.54 Å². The molecule has 0 aromatic heterocycles. The molecular weight excluding hydrogens is 254 g/mol. The van der Waals surface area contributed by atoms with E-state index in [0.29, 0.717) is 5.92 Å². The minimum Gasteiger partial charge on any atom is -0.468 e. The van der Waals surface area contributed by atoms with Crippen LogP contribution >= 0.6 is 0 Å². The van der Waals surface area contributed by atoms with Crippen molar-refractivity contribution in [2.75, 3.05) is 13.7 Å². The van der Waals surface area contributed by atoms with Crippen molar-refractivity contribution in [1.29, 1.82) is 0 Å². The molecule has 1 saturated carbocycles. The van der Waals surface area contributed by atoms with Crippen LogP contribution < -0.4 is 5.32 Å². The molecule has 1 aliphatic rings. The SMILES string of the molecule is COC(=O)C1(NC(C)C)CCCC(OCCC(C)C)C1. The number of carbonyl (C=O) groups excluding carboxylic acids is 1. The molecule has 0 spiro atoms. The molecule has 4 heteroatoms. The summed E-state index contributed by atoms with van der Waals surface area (Å²) in [6.07, 6.45) is 4.82. The van der Waals surface area contributed by atoms with Crippen molar-refractivity contribution in [3.8, 4) is 0 Å². The van der Waals surface area contributed by atoms with Gasteiger partial charge in [0.05, 0.1) is 13.2 Å². The molecule has 1 N–H and O–H groups in total. The summed E-state index contributed by atoms with van der Waals surface area (Å²) >= 11 is 0. The number of carbonyl (C=O) groups is 1.